The fraction of sp³-hybridized carbons (Fsp3) is 0.333. The first-order valence-corrected chi connectivity index (χ1v) is 5.84. The van der Waals surface area contributed by atoms with Gasteiger partial charge in [0.15, 0.2) is 0 Å². The van der Waals surface area contributed by atoms with E-state index in [2.05, 4.69) is 5.32 Å². The van der Waals surface area contributed by atoms with E-state index in [0.717, 1.165) is 0 Å². The van der Waals surface area contributed by atoms with Gasteiger partial charge < -0.3 is 15.3 Å². The van der Waals surface area contributed by atoms with Gasteiger partial charge in [0.25, 0.3) is 5.91 Å². The minimum atomic E-state index is -0.435. The first-order valence-electron chi connectivity index (χ1n) is 5.46. The fourth-order valence-corrected chi connectivity index (χ4v) is 1.60. The number of likely N-dealkylation sites (N-methyl/N-ethyl adjacent to an activating group) is 2. The zero-order valence-electron chi connectivity index (χ0n) is 10.2. The summed E-state index contributed by atoms with van der Waals surface area (Å²) < 4.78 is 0. The molecular formula is C12H15ClN2O3. The third kappa shape index (κ3) is 3.63. The predicted molar refractivity (Wildman–Crippen MR) is 68.8 cm³/mol. The first kappa shape index (κ1) is 14.3. The summed E-state index contributed by atoms with van der Waals surface area (Å²) in [5, 5.41) is 12.5. The number of halogens is 1. The average Bonchev–Trinajstić information content (AvgIpc) is 2.28. The molecule has 0 fully saturated rings. The lowest BCUT2D eigenvalue weighted by molar-refractivity contribution is -0.121. The molecule has 0 spiro atoms. The number of aromatic hydroxyl groups is 1. The molecule has 18 heavy (non-hydrogen) atoms. The minimum absolute atomic E-state index is 0.0608. The maximum atomic E-state index is 12.0. The number of amides is 2. The number of carbonyl (C=O) groups is 2. The molecule has 0 saturated heterocycles. The van der Waals surface area contributed by atoms with E-state index in [0.29, 0.717) is 11.6 Å². The van der Waals surface area contributed by atoms with Crippen molar-refractivity contribution < 1.29 is 14.7 Å². The van der Waals surface area contributed by atoms with Gasteiger partial charge in [-0.25, -0.2) is 0 Å². The van der Waals surface area contributed by atoms with Crippen molar-refractivity contribution in [3.63, 3.8) is 0 Å². The molecular weight excluding hydrogens is 256 g/mol. The van der Waals surface area contributed by atoms with Crippen LogP contribution in [0.5, 0.6) is 5.75 Å². The van der Waals surface area contributed by atoms with E-state index in [9.17, 15) is 14.7 Å². The number of phenolic OH excluding ortho intramolecular Hbond substituents is 1. The van der Waals surface area contributed by atoms with Gasteiger partial charge in [0.1, 0.15) is 5.75 Å². The van der Waals surface area contributed by atoms with Crippen molar-refractivity contribution in [2.45, 2.75) is 6.92 Å². The molecule has 0 radical (unpaired) electrons. The van der Waals surface area contributed by atoms with E-state index in [1.54, 1.807) is 6.92 Å². The van der Waals surface area contributed by atoms with Crippen LogP contribution in [0.3, 0.4) is 0 Å². The summed E-state index contributed by atoms with van der Waals surface area (Å²) in [5.41, 5.74) is 0.117. The van der Waals surface area contributed by atoms with Crippen molar-refractivity contribution in [1.29, 1.82) is 0 Å². The number of nitrogens with zero attached hydrogens (tertiary/aromatic N) is 1. The topological polar surface area (TPSA) is 69.6 Å². The highest BCUT2D eigenvalue weighted by Gasteiger charge is 2.17. The lowest BCUT2D eigenvalue weighted by Gasteiger charge is -2.17. The zero-order chi connectivity index (χ0) is 13.7. The van der Waals surface area contributed by atoms with Gasteiger partial charge in [-0.3, -0.25) is 9.59 Å². The van der Waals surface area contributed by atoms with Gasteiger partial charge in [0, 0.05) is 18.6 Å². The van der Waals surface area contributed by atoms with Crippen molar-refractivity contribution in [3.05, 3.63) is 28.8 Å². The van der Waals surface area contributed by atoms with Crippen molar-refractivity contribution in [2.75, 3.05) is 20.1 Å². The van der Waals surface area contributed by atoms with Gasteiger partial charge >= 0.3 is 0 Å². The van der Waals surface area contributed by atoms with Crippen molar-refractivity contribution in [3.8, 4) is 5.75 Å². The first-order chi connectivity index (χ1) is 8.45. The monoisotopic (exact) mass is 270 g/mol. The number of rotatable bonds is 4. The van der Waals surface area contributed by atoms with Crippen LogP contribution in [0.25, 0.3) is 0 Å². The number of phenols is 1. The van der Waals surface area contributed by atoms with Crippen LogP contribution in [-0.2, 0) is 4.79 Å². The SMILES string of the molecule is CCNC(=O)CN(C)C(=O)c1ccc(Cl)cc1O. The Morgan fingerprint density at radius 1 is 1.44 bits per heavy atom. The molecule has 0 bridgehead atoms. The van der Waals surface area contributed by atoms with E-state index in [4.69, 9.17) is 11.6 Å². The highest BCUT2D eigenvalue weighted by Crippen LogP contribution is 2.22. The second-order valence-electron chi connectivity index (χ2n) is 3.78. The molecule has 0 aliphatic heterocycles. The fourth-order valence-electron chi connectivity index (χ4n) is 1.43. The Morgan fingerprint density at radius 2 is 2.11 bits per heavy atom. The van der Waals surface area contributed by atoms with Crippen LogP contribution < -0.4 is 5.32 Å². The Labute approximate surface area is 110 Å². The Hall–Kier alpha value is -1.75. The van der Waals surface area contributed by atoms with Crippen LogP contribution in [0, 0.1) is 0 Å². The summed E-state index contributed by atoms with van der Waals surface area (Å²) in [6, 6.07) is 4.22. The maximum absolute atomic E-state index is 12.0. The standard InChI is InChI=1S/C12H15ClN2O3/c1-3-14-11(17)7-15(2)12(18)9-5-4-8(13)6-10(9)16/h4-6,16H,3,7H2,1-2H3,(H,14,17). The third-order valence-corrected chi connectivity index (χ3v) is 2.53. The Morgan fingerprint density at radius 3 is 2.67 bits per heavy atom. The molecule has 1 rings (SSSR count). The summed E-state index contributed by atoms with van der Waals surface area (Å²) in [4.78, 5) is 24.5. The molecule has 1 aromatic carbocycles. The Bertz CT molecular complexity index is 463. The zero-order valence-corrected chi connectivity index (χ0v) is 11.0. The molecule has 0 aliphatic rings. The quantitative estimate of drug-likeness (QED) is 0.865. The highest BCUT2D eigenvalue weighted by atomic mass is 35.5. The van der Waals surface area contributed by atoms with Crippen LogP contribution in [-0.4, -0.2) is 42.0 Å². The summed E-state index contributed by atoms with van der Waals surface area (Å²) in [7, 11) is 1.49. The maximum Gasteiger partial charge on any atom is 0.257 e. The van der Waals surface area contributed by atoms with Gasteiger partial charge in [0.2, 0.25) is 5.91 Å². The third-order valence-electron chi connectivity index (χ3n) is 2.29. The molecule has 0 aromatic heterocycles. The lowest BCUT2D eigenvalue weighted by atomic mass is 10.2. The minimum Gasteiger partial charge on any atom is -0.507 e. The van der Waals surface area contributed by atoms with E-state index < -0.39 is 5.91 Å². The van der Waals surface area contributed by atoms with Crippen molar-refractivity contribution in [2.24, 2.45) is 0 Å². The van der Waals surface area contributed by atoms with Crippen molar-refractivity contribution in [1.82, 2.24) is 10.2 Å². The molecule has 0 atom stereocenters. The van der Waals surface area contributed by atoms with Gasteiger partial charge in [-0.2, -0.15) is 0 Å². The van der Waals surface area contributed by atoms with Gasteiger partial charge in [-0.05, 0) is 25.1 Å². The predicted octanol–water partition coefficient (Wildman–Crippen LogP) is 1.25. The molecule has 1 aromatic rings. The van der Waals surface area contributed by atoms with E-state index >= 15 is 0 Å². The van der Waals surface area contributed by atoms with E-state index in [1.165, 1.54) is 30.1 Å². The second kappa shape index (κ2) is 6.26. The number of nitrogens with one attached hydrogen (secondary N) is 1. The summed E-state index contributed by atoms with van der Waals surface area (Å²) in [6.07, 6.45) is 0. The molecule has 6 heteroatoms. The number of benzene rings is 1. The van der Waals surface area contributed by atoms with Crippen LogP contribution >= 0.6 is 11.6 Å². The van der Waals surface area contributed by atoms with Crippen molar-refractivity contribution >= 4 is 23.4 Å². The Balaban J connectivity index is 2.77. The number of hydrogen-bond donors (Lipinski definition) is 2. The molecule has 0 aliphatic carbocycles. The molecule has 0 unspecified atom stereocenters. The van der Waals surface area contributed by atoms with E-state index in [1.807, 2.05) is 0 Å². The summed E-state index contributed by atoms with van der Waals surface area (Å²) in [5.74, 6) is -0.882. The van der Waals surface area contributed by atoms with E-state index in [-0.39, 0.29) is 23.8 Å². The average molecular weight is 271 g/mol. The van der Waals surface area contributed by atoms with Crippen LogP contribution in [0.2, 0.25) is 5.02 Å². The van der Waals surface area contributed by atoms with Crippen LogP contribution in [0.1, 0.15) is 17.3 Å². The second-order valence-corrected chi connectivity index (χ2v) is 4.21. The highest BCUT2D eigenvalue weighted by molar-refractivity contribution is 6.30. The molecule has 0 saturated carbocycles. The molecule has 5 nitrogen and oxygen atoms in total. The molecule has 2 amide bonds. The smallest absolute Gasteiger partial charge is 0.257 e. The number of hydrogen-bond acceptors (Lipinski definition) is 3. The van der Waals surface area contributed by atoms with Gasteiger partial charge in [0.05, 0.1) is 12.1 Å². The van der Waals surface area contributed by atoms with Gasteiger partial charge in [-0.1, -0.05) is 11.6 Å². The van der Waals surface area contributed by atoms with Gasteiger partial charge in [-0.15, -0.1) is 0 Å². The molecule has 0 heterocycles. The van der Waals surface area contributed by atoms with Crippen LogP contribution in [0.15, 0.2) is 18.2 Å². The molecule has 98 valence electrons. The Kier molecular flexibility index (Phi) is 4.97. The summed E-state index contributed by atoms with van der Waals surface area (Å²) >= 11 is 5.68. The summed E-state index contributed by atoms with van der Waals surface area (Å²) in [6.45, 7) is 2.24. The largest absolute Gasteiger partial charge is 0.507 e. The number of carbonyl (C=O) groups excluding carboxylic acids is 2. The van der Waals surface area contributed by atoms with Crippen LogP contribution in [0.4, 0.5) is 0 Å². The molecule has 2 N–H and O–H groups in total. The normalized spacial score (nSPS) is 9.94. The lowest BCUT2D eigenvalue weighted by Crippen LogP contribution is -2.38.